The molecule has 45 heavy (non-hydrogen) atoms. The van der Waals surface area contributed by atoms with Crippen LogP contribution in [0.5, 0.6) is 0 Å². The van der Waals surface area contributed by atoms with Crippen LogP contribution in [0.15, 0.2) is 47.4 Å². The predicted molar refractivity (Wildman–Crippen MR) is 179 cm³/mol. The highest BCUT2D eigenvalue weighted by atomic mass is 35.5. The SMILES string of the molecule is CN(c1ccc(S(=O)(=O)C2CCN(CCCN(C(=O)C3CCN(S(C)(=O)=O)CC3)c3ccc(Cl)c(Cl)c3)CC2)cc1)S(C)(=O)=O. The monoisotopic (exact) mass is 722 g/mol. The summed E-state index contributed by atoms with van der Waals surface area (Å²) in [6.45, 7) is 2.84. The quantitative estimate of drug-likeness (QED) is 0.343. The molecule has 2 heterocycles. The average molecular weight is 724 g/mol. The average Bonchev–Trinajstić information content (AvgIpc) is 2.99. The predicted octanol–water partition coefficient (Wildman–Crippen LogP) is 3.72. The van der Waals surface area contributed by atoms with Crippen molar-refractivity contribution in [3.63, 3.8) is 0 Å². The van der Waals surface area contributed by atoms with Crippen LogP contribution in [0.4, 0.5) is 11.4 Å². The molecule has 0 N–H and O–H groups in total. The van der Waals surface area contributed by atoms with Crippen molar-refractivity contribution in [2.75, 3.05) is 68.0 Å². The van der Waals surface area contributed by atoms with Gasteiger partial charge in [0.1, 0.15) is 0 Å². The Morgan fingerprint density at radius 1 is 0.822 bits per heavy atom. The Hall–Kier alpha value is -1.94. The van der Waals surface area contributed by atoms with Gasteiger partial charge >= 0.3 is 0 Å². The van der Waals surface area contributed by atoms with Gasteiger partial charge in [0.2, 0.25) is 26.0 Å². The molecular weight excluding hydrogens is 683 g/mol. The third kappa shape index (κ3) is 8.91. The van der Waals surface area contributed by atoms with Gasteiger partial charge in [-0.2, -0.15) is 0 Å². The van der Waals surface area contributed by atoms with Crippen LogP contribution in [0.2, 0.25) is 10.0 Å². The molecule has 2 saturated heterocycles. The Labute approximate surface area is 277 Å². The summed E-state index contributed by atoms with van der Waals surface area (Å²) in [6, 6.07) is 11.0. The van der Waals surface area contributed by atoms with Gasteiger partial charge in [-0.05, 0) is 94.2 Å². The zero-order chi connectivity index (χ0) is 33.2. The molecule has 2 aromatic carbocycles. The number of benzene rings is 2. The van der Waals surface area contributed by atoms with Crippen molar-refractivity contribution in [3.05, 3.63) is 52.5 Å². The van der Waals surface area contributed by atoms with Crippen LogP contribution >= 0.6 is 23.2 Å². The Bertz CT molecular complexity index is 1690. The van der Waals surface area contributed by atoms with E-state index >= 15 is 0 Å². The maximum atomic E-state index is 13.7. The fourth-order valence-electron chi connectivity index (χ4n) is 5.80. The lowest BCUT2D eigenvalue weighted by Gasteiger charge is -2.34. The molecule has 0 aliphatic carbocycles. The molecule has 0 spiro atoms. The van der Waals surface area contributed by atoms with E-state index in [2.05, 4.69) is 4.90 Å². The van der Waals surface area contributed by atoms with Crippen LogP contribution in [0.3, 0.4) is 0 Å². The third-order valence-electron chi connectivity index (χ3n) is 8.61. The number of carbonyl (C=O) groups excluding carboxylic acids is 1. The van der Waals surface area contributed by atoms with E-state index in [4.69, 9.17) is 23.2 Å². The fourth-order valence-corrected chi connectivity index (χ4v) is 9.20. The molecule has 2 fully saturated rings. The number of carbonyl (C=O) groups is 1. The molecule has 2 aliphatic rings. The zero-order valence-corrected chi connectivity index (χ0v) is 29.6. The summed E-state index contributed by atoms with van der Waals surface area (Å²) in [4.78, 5) is 17.8. The first-order chi connectivity index (χ1) is 21.0. The van der Waals surface area contributed by atoms with E-state index in [9.17, 15) is 30.0 Å². The Morgan fingerprint density at radius 2 is 1.40 bits per heavy atom. The minimum atomic E-state index is -3.59. The highest BCUT2D eigenvalue weighted by molar-refractivity contribution is 7.92. The summed E-state index contributed by atoms with van der Waals surface area (Å²) < 4.78 is 76.6. The summed E-state index contributed by atoms with van der Waals surface area (Å²) in [7, 11) is -8.94. The maximum absolute atomic E-state index is 13.7. The molecule has 11 nitrogen and oxygen atoms in total. The van der Waals surface area contributed by atoms with E-state index in [0.29, 0.717) is 92.8 Å². The summed E-state index contributed by atoms with van der Waals surface area (Å²) in [5, 5.41) is 0.169. The van der Waals surface area contributed by atoms with E-state index in [-0.39, 0.29) is 16.7 Å². The van der Waals surface area contributed by atoms with Crippen LogP contribution in [-0.4, -0.2) is 104 Å². The zero-order valence-electron chi connectivity index (χ0n) is 25.6. The van der Waals surface area contributed by atoms with Crippen LogP contribution in [-0.2, 0) is 34.7 Å². The Balaban J connectivity index is 1.35. The number of likely N-dealkylation sites (tertiary alicyclic amines) is 1. The second-order valence-corrected chi connectivity index (χ2v) is 18.7. The van der Waals surface area contributed by atoms with Gasteiger partial charge in [-0.15, -0.1) is 0 Å². The van der Waals surface area contributed by atoms with Gasteiger partial charge in [0, 0.05) is 38.3 Å². The van der Waals surface area contributed by atoms with Gasteiger partial charge in [0.25, 0.3) is 0 Å². The van der Waals surface area contributed by atoms with Crippen molar-refractivity contribution >= 4 is 70.4 Å². The standard InChI is InChI=1S/C29H40Cl2N4O7S3/c1-32(43(2,37)38)23-5-8-25(9-6-23)45(41,42)26-13-17-33(18-14-26)15-4-16-35(24-7-10-27(30)28(31)21-24)29(36)22-11-19-34(20-12-22)44(3,39)40/h5-10,21-22,26H,4,11-20H2,1-3H3. The molecule has 1 amide bonds. The number of nitrogens with zero attached hydrogens (tertiary/aromatic N) is 4. The molecular formula is C29H40Cl2N4O7S3. The third-order valence-corrected chi connectivity index (χ3v) is 14.1. The van der Waals surface area contributed by atoms with Gasteiger partial charge in [-0.25, -0.2) is 29.6 Å². The number of halogens is 2. The summed E-state index contributed by atoms with van der Waals surface area (Å²) in [5.41, 5.74) is 1.01. The second-order valence-electron chi connectivity index (χ2n) is 11.7. The van der Waals surface area contributed by atoms with Gasteiger partial charge in [-0.1, -0.05) is 23.2 Å². The van der Waals surface area contributed by atoms with E-state index in [1.165, 1.54) is 41.9 Å². The largest absolute Gasteiger partial charge is 0.312 e. The second kappa shape index (κ2) is 14.4. The minimum Gasteiger partial charge on any atom is -0.312 e. The minimum absolute atomic E-state index is 0.0832. The Morgan fingerprint density at radius 3 is 1.93 bits per heavy atom. The molecule has 2 aromatic rings. The van der Waals surface area contributed by atoms with Gasteiger partial charge in [-0.3, -0.25) is 9.10 Å². The van der Waals surface area contributed by atoms with Crippen LogP contribution in [0, 0.1) is 5.92 Å². The first-order valence-corrected chi connectivity index (χ1v) is 20.7. The lowest BCUT2D eigenvalue weighted by atomic mass is 9.96. The molecule has 0 atom stereocenters. The van der Waals surface area contributed by atoms with Crippen molar-refractivity contribution in [2.45, 2.75) is 42.2 Å². The van der Waals surface area contributed by atoms with E-state index in [1.807, 2.05) is 0 Å². The molecule has 250 valence electrons. The molecule has 4 rings (SSSR count). The lowest BCUT2D eigenvalue weighted by molar-refractivity contribution is -0.123. The van der Waals surface area contributed by atoms with Crippen molar-refractivity contribution in [1.82, 2.24) is 9.21 Å². The first-order valence-electron chi connectivity index (χ1n) is 14.7. The summed E-state index contributed by atoms with van der Waals surface area (Å²) in [5.74, 6) is -0.403. The topological polar surface area (TPSA) is 132 Å². The molecule has 0 saturated carbocycles. The molecule has 0 bridgehead atoms. The van der Waals surface area contributed by atoms with E-state index in [1.54, 1.807) is 23.1 Å². The first kappa shape index (κ1) is 35.9. The Kier molecular flexibility index (Phi) is 11.5. The van der Waals surface area contributed by atoms with Crippen molar-refractivity contribution in [2.24, 2.45) is 5.92 Å². The van der Waals surface area contributed by atoms with E-state index < -0.39 is 35.1 Å². The van der Waals surface area contributed by atoms with E-state index in [0.717, 1.165) is 10.6 Å². The molecule has 0 aromatic heterocycles. The van der Waals surface area contributed by atoms with Gasteiger partial charge in [0.15, 0.2) is 9.84 Å². The van der Waals surface area contributed by atoms with Crippen molar-refractivity contribution in [3.8, 4) is 0 Å². The normalized spacial score (nSPS) is 18.2. The number of anilines is 2. The number of amides is 1. The summed E-state index contributed by atoms with van der Waals surface area (Å²) >= 11 is 12.4. The summed E-state index contributed by atoms with van der Waals surface area (Å²) in [6.07, 6.45) is 4.69. The molecule has 0 radical (unpaired) electrons. The molecule has 0 unspecified atom stereocenters. The lowest BCUT2D eigenvalue weighted by Crippen LogP contribution is -2.45. The highest BCUT2D eigenvalue weighted by Crippen LogP contribution is 2.31. The van der Waals surface area contributed by atoms with Gasteiger partial charge in [0.05, 0.1) is 38.4 Å². The number of rotatable bonds is 11. The number of sulfone groups is 1. The van der Waals surface area contributed by atoms with Gasteiger partial charge < -0.3 is 9.80 Å². The number of hydrogen-bond acceptors (Lipinski definition) is 8. The van der Waals surface area contributed by atoms with Crippen LogP contribution in [0.1, 0.15) is 32.1 Å². The number of sulfonamides is 2. The smallest absolute Gasteiger partial charge is 0.231 e. The van der Waals surface area contributed by atoms with Crippen molar-refractivity contribution < 1.29 is 30.0 Å². The molecule has 16 heteroatoms. The number of piperidine rings is 2. The molecule has 2 aliphatic heterocycles. The maximum Gasteiger partial charge on any atom is 0.231 e. The number of hydrogen-bond donors (Lipinski definition) is 0. The highest BCUT2D eigenvalue weighted by Gasteiger charge is 2.34. The van der Waals surface area contributed by atoms with Crippen LogP contribution < -0.4 is 9.21 Å². The van der Waals surface area contributed by atoms with Crippen LogP contribution in [0.25, 0.3) is 0 Å². The van der Waals surface area contributed by atoms with Crippen molar-refractivity contribution in [1.29, 1.82) is 0 Å². The fraction of sp³-hybridized carbons (Fsp3) is 0.552.